The zero-order chi connectivity index (χ0) is 17.8. The molecule has 0 aromatic rings. The van der Waals surface area contributed by atoms with Crippen LogP contribution in [0.4, 0.5) is 0 Å². The number of hydrogen-bond donors (Lipinski definition) is 1. The van der Waals surface area contributed by atoms with Gasteiger partial charge in [0.05, 0.1) is 18.1 Å². The van der Waals surface area contributed by atoms with E-state index >= 15 is 0 Å². The van der Waals surface area contributed by atoms with Crippen molar-refractivity contribution in [2.75, 3.05) is 57.8 Å². The second kappa shape index (κ2) is 11.5. The number of nitrogens with zero attached hydrogens (tertiary/aromatic N) is 3. The molecule has 1 saturated heterocycles. The Morgan fingerprint density at radius 3 is 2.62 bits per heavy atom. The summed E-state index contributed by atoms with van der Waals surface area (Å²) in [5, 5.41) is 3.33. The molecule has 1 heterocycles. The van der Waals surface area contributed by atoms with Gasteiger partial charge in [-0.3, -0.25) is 9.89 Å². The average Bonchev–Trinajstić information content (AvgIpc) is 2.55. The van der Waals surface area contributed by atoms with Crippen LogP contribution < -0.4 is 5.32 Å². The minimum absolute atomic E-state index is 0.279. The van der Waals surface area contributed by atoms with Crippen LogP contribution in [0.2, 0.25) is 0 Å². The fourth-order valence-electron chi connectivity index (χ4n) is 2.66. The zero-order valence-corrected chi connectivity index (χ0v) is 16.2. The number of guanidine groups is 1. The highest BCUT2D eigenvalue weighted by atomic mass is 32.2. The van der Waals surface area contributed by atoms with Crippen molar-refractivity contribution in [3.63, 3.8) is 0 Å². The van der Waals surface area contributed by atoms with Gasteiger partial charge in [0.25, 0.3) is 0 Å². The maximum absolute atomic E-state index is 11.4. The molecule has 0 saturated carbocycles. The molecule has 0 aromatic heterocycles. The van der Waals surface area contributed by atoms with Crippen LogP contribution in [0.25, 0.3) is 0 Å². The summed E-state index contributed by atoms with van der Waals surface area (Å²) >= 11 is 0. The van der Waals surface area contributed by atoms with Crippen molar-refractivity contribution in [2.45, 2.75) is 32.6 Å². The van der Waals surface area contributed by atoms with Gasteiger partial charge in [-0.05, 0) is 26.2 Å². The minimum Gasteiger partial charge on any atom is -0.357 e. The molecule has 0 spiro atoms. The number of rotatable bonds is 10. The van der Waals surface area contributed by atoms with Crippen LogP contribution in [0.15, 0.2) is 17.6 Å². The van der Waals surface area contributed by atoms with Gasteiger partial charge in [0.2, 0.25) is 0 Å². The van der Waals surface area contributed by atoms with Crippen LogP contribution >= 0.6 is 0 Å². The Morgan fingerprint density at radius 2 is 2.00 bits per heavy atom. The predicted molar refractivity (Wildman–Crippen MR) is 102 cm³/mol. The van der Waals surface area contributed by atoms with Crippen molar-refractivity contribution in [1.29, 1.82) is 0 Å². The van der Waals surface area contributed by atoms with Crippen molar-refractivity contribution in [1.82, 2.24) is 15.1 Å². The SMILES string of the molecule is C=CCCCCCN(C)C(=NCCN1CCS(=O)(=O)CC1)NCC. The number of nitrogens with one attached hydrogen (secondary N) is 1. The van der Waals surface area contributed by atoms with Crippen molar-refractivity contribution in [2.24, 2.45) is 4.99 Å². The first-order chi connectivity index (χ1) is 11.5. The van der Waals surface area contributed by atoms with E-state index in [9.17, 15) is 8.42 Å². The molecule has 0 atom stereocenters. The molecule has 1 fully saturated rings. The van der Waals surface area contributed by atoms with Gasteiger partial charge >= 0.3 is 0 Å². The average molecular weight is 359 g/mol. The van der Waals surface area contributed by atoms with E-state index in [0.29, 0.717) is 19.6 Å². The lowest BCUT2D eigenvalue weighted by Crippen LogP contribution is -2.42. The van der Waals surface area contributed by atoms with Crippen molar-refractivity contribution in [3.8, 4) is 0 Å². The molecule has 0 aliphatic carbocycles. The monoisotopic (exact) mass is 358 g/mol. The molecule has 140 valence electrons. The van der Waals surface area contributed by atoms with Crippen LogP contribution in [-0.4, -0.2) is 82.0 Å². The Bertz CT molecular complexity index is 477. The molecule has 1 rings (SSSR count). The maximum Gasteiger partial charge on any atom is 0.193 e. The number of aliphatic imine (C=N–C) groups is 1. The van der Waals surface area contributed by atoms with Gasteiger partial charge in [0.1, 0.15) is 0 Å². The molecular formula is C17H34N4O2S. The molecular weight excluding hydrogens is 324 g/mol. The first-order valence-corrected chi connectivity index (χ1v) is 10.8. The van der Waals surface area contributed by atoms with Crippen LogP contribution in [0.3, 0.4) is 0 Å². The Kier molecular flexibility index (Phi) is 10.0. The topological polar surface area (TPSA) is 65.0 Å². The van der Waals surface area contributed by atoms with E-state index < -0.39 is 9.84 Å². The number of hydrogen-bond acceptors (Lipinski definition) is 4. The minimum atomic E-state index is -2.80. The van der Waals surface area contributed by atoms with Gasteiger partial charge in [-0.2, -0.15) is 0 Å². The molecule has 24 heavy (non-hydrogen) atoms. The van der Waals surface area contributed by atoms with E-state index in [1.165, 1.54) is 12.8 Å². The summed E-state index contributed by atoms with van der Waals surface area (Å²) in [5.41, 5.74) is 0. The molecule has 1 N–H and O–H groups in total. The van der Waals surface area contributed by atoms with Crippen LogP contribution in [0.1, 0.15) is 32.6 Å². The van der Waals surface area contributed by atoms with Crippen molar-refractivity contribution in [3.05, 3.63) is 12.7 Å². The largest absolute Gasteiger partial charge is 0.357 e. The van der Waals surface area contributed by atoms with Crippen LogP contribution in [0, 0.1) is 0 Å². The standard InChI is InChI=1S/C17H34N4O2S/c1-4-6-7-8-9-11-20(3)17(18-5-2)19-10-12-21-13-15-24(22,23)16-14-21/h4H,1,5-16H2,2-3H3,(H,18,19). The first-order valence-electron chi connectivity index (χ1n) is 9.01. The smallest absolute Gasteiger partial charge is 0.193 e. The van der Waals surface area contributed by atoms with Gasteiger partial charge in [-0.25, -0.2) is 8.42 Å². The van der Waals surface area contributed by atoms with Crippen molar-refractivity contribution >= 4 is 15.8 Å². The summed E-state index contributed by atoms with van der Waals surface area (Å²) in [5.74, 6) is 1.49. The molecule has 0 unspecified atom stereocenters. The Balaban J connectivity index is 2.34. The lowest BCUT2D eigenvalue weighted by molar-refractivity contribution is 0.303. The summed E-state index contributed by atoms with van der Waals surface area (Å²) in [7, 11) is -0.729. The van der Waals surface area contributed by atoms with E-state index in [-0.39, 0.29) is 11.5 Å². The quantitative estimate of drug-likeness (QED) is 0.276. The van der Waals surface area contributed by atoms with Crippen LogP contribution in [0.5, 0.6) is 0 Å². The summed E-state index contributed by atoms with van der Waals surface area (Å²) in [4.78, 5) is 9.05. The highest BCUT2D eigenvalue weighted by Crippen LogP contribution is 2.04. The van der Waals surface area contributed by atoms with Gasteiger partial charge in [0.15, 0.2) is 15.8 Å². The van der Waals surface area contributed by atoms with Crippen molar-refractivity contribution < 1.29 is 8.42 Å². The molecule has 7 heteroatoms. The Labute approximate surface area is 147 Å². The molecule has 1 aliphatic rings. The molecule has 0 bridgehead atoms. The van der Waals surface area contributed by atoms with E-state index in [4.69, 9.17) is 0 Å². The summed E-state index contributed by atoms with van der Waals surface area (Å²) in [6.07, 6.45) is 6.62. The highest BCUT2D eigenvalue weighted by Gasteiger charge is 2.20. The third-order valence-electron chi connectivity index (χ3n) is 4.21. The van der Waals surface area contributed by atoms with E-state index in [2.05, 4.69) is 40.7 Å². The van der Waals surface area contributed by atoms with Crippen LogP contribution in [-0.2, 0) is 9.84 Å². The third-order valence-corrected chi connectivity index (χ3v) is 5.82. The normalized spacial score (nSPS) is 18.3. The lowest BCUT2D eigenvalue weighted by atomic mass is 10.2. The van der Waals surface area contributed by atoms with Gasteiger partial charge in [-0.15, -0.1) is 6.58 Å². The third kappa shape index (κ3) is 8.68. The number of unbranched alkanes of at least 4 members (excludes halogenated alkanes) is 3. The lowest BCUT2D eigenvalue weighted by Gasteiger charge is -2.26. The number of allylic oxidation sites excluding steroid dienone is 1. The maximum atomic E-state index is 11.4. The first kappa shape index (κ1) is 21.0. The highest BCUT2D eigenvalue weighted by molar-refractivity contribution is 7.91. The summed E-state index contributed by atoms with van der Waals surface area (Å²) in [6, 6.07) is 0. The predicted octanol–water partition coefficient (Wildman–Crippen LogP) is 1.36. The Hall–Kier alpha value is -1.08. The molecule has 6 nitrogen and oxygen atoms in total. The molecule has 0 amide bonds. The summed E-state index contributed by atoms with van der Waals surface area (Å²) in [6.45, 7) is 10.4. The molecule has 1 aliphatic heterocycles. The van der Waals surface area contributed by atoms with Gasteiger partial charge in [0, 0.05) is 39.8 Å². The zero-order valence-electron chi connectivity index (χ0n) is 15.3. The van der Waals surface area contributed by atoms with E-state index in [1.807, 2.05) is 6.08 Å². The molecule has 0 radical (unpaired) electrons. The Morgan fingerprint density at radius 1 is 1.29 bits per heavy atom. The number of sulfone groups is 1. The van der Waals surface area contributed by atoms with Gasteiger partial charge < -0.3 is 10.2 Å². The molecule has 0 aromatic carbocycles. The second-order valence-corrected chi connectivity index (χ2v) is 8.59. The van der Waals surface area contributed by atoms with E-state index in [0.717, 1.165) is 38.4 Å². The fraction of sp³-hybridized carbons (Fsp3) is 0.824. The fourth-order valence-corrected chi connectivity index (χ4v) is 3.94. The second-order valence-electron chi connectivity index (χ2n) is 6.29. The summed E-state index contributed by atoms with van der Waals surface area (Å²) < 4.78 is 22.9. The van der Waals surface area contributed by atoms with E-state index in [1.54, 1.807) is 0 Å². The van der Waals surface area contributed by atoms with Gasteiger partial charge in [-0.1, -0.05) is 12.5 Å².